The van der Waals surface area contributed by atoms with Crippen molar-refractivity contribution < 1.29 is 19.1 Å². The lowest BCUT2D eigenvalue weighted by atomic mass is 10.2. The summed E-state index contributed by atoms with van der Waals surface area (Å²) in [4.78, 5) is 24.7. The standard InChI is InChI=1S/C21H25N5O4/c1-6-30-21(28)18-11-17(24-25(18)4)20(27)22-19-13(2)23-26(14(19)3)12-15-8-7-9-16(10-15)29-5/h7-11H,6,12H2,1-5H3,(H,22,27). The van der Waals surface area contributed by atoms with E-state index >= 15 is 0 Å². The second-order valence-corrected chi connectivity index (χ2v) is 6.77. The molecule has 9 heteroatoms. The van der Waals surface area contributed by atoms with Crippen molar-refractivity contribution >= 4 is 17.6 Å². The third-order valence-corrected chi connectivity index (χ3v) is 4.68. The molecule has 1 amide bonds. The van der Waals surface area contributed by atoms with E-state index in [-0.39, 0.29) is 18.0 Å². The van der Waals surface area contributed by atoms with E-state index in [9.17, 15) is 9.59 Å². The van der Waals surface area contributed by atoms with Gasteiger partial charge in [0.15, 0.2) is 5.69 Å². The molecule has 0 saturated carbocycles. The van der Waals surface area contributed by atoms with Crippen molar-refractivity contribution in [1.82, 2.24) is 19.6 Å². The van der Waals surface area contributed by atoms with Crippen LogP contribution < -0.4 is 10.1 Å². The predicted octanol–water partition coefficient (Wildman–Crippen LogP) is 2.72. The summed E-state index contributed by atoms with van der Waals surface area (Å²) in [7, 11) is 3.22. The number of methoxy groups -OCH3 is 1. The summed E-state index contributed by atoms with van der Waals surface area (Å²) in [5.41, 5.74) is 3.48. The van der Waals surface area contributed by atoms with E-state index in [0.717, 1.165) is 17.0 Å². The van der Waals surface area contributed by atoms with E-state index in [1.807, 2.05) is 42.8 Å². The summed E-state index contributed by atoms with van der Waals surface area (Å²) in [5, 5.41) is 11.5. The first kappa shape index (κ1) is 21.1. The van der Waals surface area contributed by atoms with E-state index < -0.39 is 11.9 Å². The number of ether oxygens (including phenoxy) is 2. The maximum Gasteiger partial charge on any atom is 0.356 e. The monoisotopic (exact) mass is 411 g/mol. The number of hydrogen-bond acceptors (Lipinski definition) is 6. The molecule has 0 aliphatic heterocycles. The number of carbonyl (C=O) groups excluding carboxylic acids is 2. The highest BCUT2D eigenvalue weighted by atomic mass is 16.5. The molecule has 3 rings (SSSR count). The first-order valence-electron chi connectivity index (χ1n) is 9.53. The van der Waals surface area contributed by atoms with Gasteiger partial charge in [-0.15, -0.1) is 0 Å². The van der Waals surface area contributed by atoms with Gasteiger partial charge in [0.05, 0.1) is 37.3 Å². The summed E-state index contributed by atoms with van der Waals surface area (Å²) < 4.78 is 13.4. The predicted molar refractivity (Wildman–Crippen MR) is 111 cm³/mol. The summed E-state index contributed by atoms with van der Waals surface area (Å²) in [6, 6.07) is 9.15. The van der Waals surface area contributed by atoms with Crippen LogP contribution >= 0.6 is 0 Å². The Hall–Kier alpha value is -3.62. The summed E-state index contributed by atoms with van der Waals surface area (Å²) in [5.74, 6) is -0.173. The number of rotatable bonds is 7. The van der Waals surface area contributed by atoms with Crippen molar-refractivity contribution in [3.05, 3.63) is 58.7 Å². The van der Waals surface area contributed by atoms with Gasteiger partial charge in [0, 0.05) is 13.1 Å². The molecule has 0 bridgehead atoms. The Balaban J connectivity index is 1.79. The van der Waals surface area contributed by atoms with Gasteiger partial charge in [-0.2, -0.15) is 10.2 Å². The molecule has 158 valence electrons. The zero-order chi connectivity index (χ0) is 21.8. The van der Waals surface area contributed by atoms with Crippen molar-refractivity contribution in [1.29, 1.82) is 0 Å². The highest BCUT2D eigenvalue weighted by Crippen LogP contribution is 2.22. The van der Waals surface area contributed by atoms with E-state index in [0.29, 0.717) is 17.9 Å². The highest BCUT2D eigenvalue weighted by molar-refractivity contribution is 6.04. The van der Waals surface area contributed by atoms with Crippen LogP contribution in [-0.2, 0) is 18.3 Å². The Morgan fingerprint density at radius 1 is 1.17 bits per heavy atom. The van der Waals surface area contributed by atoms with Gasteiger partial charge >= 0.3 is 5.97 Å². The third-order valence-electron chi connectivity index (χ3n) is 4.68. The summed E-state index contributed by atoms with van der Waals surface area (Å²) in [6.07, 6.45) is 0. The van der Waals surface area contributed by atoms with Gasteiger partial charge in [0.1, 0.15) is 11.4 Å². The molecule has 1 aromatic carbocycles. The number of amides is 1. The van der Waals surface area contributed by atoms with E-state index in [2.05, 4.69) is 15.5 Å². The first-order valence-corrected chi connectivity index (χ1v) is 9.53. The Labute approximate surface area is 174 Å². The lowest BCUT2D eigenvalue weighted by Gasteiger charge is -2.08. The molecule has 0 saturated heterocycles. The van der Waals surface area contributed by atoms with Gasteiger partial charge in [0.2, 0.25) is 0 Å². The average molecular weight is 411 g/mol. The van der Waals surface area contributed by atoms with Gasteiger partial charge in [-0.25, -0.2) is 4.79 Å². The second kappa shape index (κ2) is 8.81. The smallest absolute Gasteiger partial charge is 0.356 e. The number of nitrogens with zero attached hydrogens (tertiary/aromatic N) is 4. The van der Waals surface area contributed by atoms with Gasteiger partial charge in [-0.05, 0) is 38.5 Å². The van der Waals surface area contributed by atoms with Crippen molar-refractivity contribution in [3.63, 3.8) is 0 Å². The van der Waals surface area contributed by atoms with Crippen LogP contribution in [0.1, 0.15) is 44.9 Å². The van der Waals surface area contributed by atoms with Gasteiger partial charge in [-0.3, -0.25) is 14.2 Å². The zero-order valence-corrected chi connectivity index (χ0v) is 17.7. The van der Waals surface area contributed by atoms with Crippen LogP contribution in [0.5, 0.6) is 5.75 Å². The number of carbonyl (C=O) groups is 2. The van der Waals surface area contributed by atoms with Gasteiger partial charge < -0.3 is 14.8 Å². The molecule has 2 heterocycles. The normalized spacial score (nSPS) is 10.7. The number of hydrogen-bond donors (Lipinski definition) is 1. The molecular formula is C21H25N5O4. The molecular weight excluding hydrogens is 386 g/mol. The molecule has 1 N–H and O–H groups in total. The molecule has 0 unspecified atom stereocenters. The quantitative estimate of drug-likeness (QED) is 0.600. The van der Waals surface area contributed by atoms with Crippen molar-refractivity contribution in [3.8, 4) is 5.75 Å². The largest absolute Gasteiger partial charge is 0.497 e. The number of anilines is 1. The van der Waals surface area contributed by atoms with Crippen LogP contribution in [0.25, 0.3) is 0 Å². The van der Waals surface area contributed by atoms with Crippen molar-refractivity contribution in [2.45, 2.75) is 27.3 Å². The molecule has 0 aliphatic carbocycles. The Kier molecular flexibility index (Phi) is 6.20. The molecule has 0 radical (unpaired) electrons. The van der Waals surface area contributed by atoms with Crippen LogP contribution in [0, 0.1) is 13.8 Å². The minimum atomic E-state index is -0.523. The fourth-order valence-corrected chi connectivity index (χ4v) is 3.13. The van der Waals surface area contributed by atoms with Crippen LogP contribution in [0.15, 0.2) is 30.3 Å². The Morgan fingerprint density at radius 3 is 2.63 bits per heavy atom. The molecule has 0 spiro atoms. The van der Waals surface area contributed by atoms with Crippen molar-refractivity contribution in [2.75, 3.05) is 19.0 Å². The SMILES string of the molecule is CCOC(=O)c1cc(C(=O)Nc2c(C)nn(Cc3cccc(OC)c3)c2C)nn1C. The summed E-state index contributed by atoms with van der Waals surface area (Å²) in [6.45, 7) is 6.22. The molecule has 0 atom stereocenters. The molecule has 9 nitrogen and oxygen atoms in total. The van der Waals surface area contributed by atoms with E-state index in [1.54, 1.807) is 21.1 Å². The zero-order valence-electron chi connectivity index (χ0n) is 17.7. The van der Waals surface area contributed by atoms with Crippen LogP contribution in [0.2, 0.25) is 0 Å². The lowest BCUT2D eigenvalue weighted by molar-refractivity contribution is 0.0513. The molecule has 3 aromatic rings. The Bertz CT molecular complexity index is 1080. The fourth-order valence-electron chi connectivity index (χ4n) is 3.13. The topological polar surface area (TPSA) is 100 Å². The van der Waals surface area contributed by atoms with Crippen LogP contribution in [0.4, 0.5) is 5.69 Å². The van der Waals surface area contributed by atoms with Crippen LogP contribution in [-0.4, -0.2) is 45.2 Å². The average Bonchev–Trinajstić information content (AvgIpc) is 3.23. The number of nitrogens with one attached hydrogen (secondary N) is 1. The maximum atomic E-state index is 12.7. The fraction of sp³-hybridized carbons (Fsp3) is 0.333. The number of aryl methyl sites for hydroxylation is 2. The van der Waals surface area contributed by atoms with Gasteiger partial charge in [0.25, 0.3) is 5.91 Å². The lowest BCUT2D eigenvalue weighted by Crippen LogP contribution is -2.14. The van der Waals surface area contributed by atoms with Crippen LogP contribution in [0.3, 0.4) is 0 Å². The maximum absolute atomic E-state index is 12.7. The Morgan fingerprint density at radius 2 is 1.93 bits per heavy atom. The van der Waals surface area contributed by atoms with E-state index in [1.165, 1.54) is 10.7 Å². The number of benzene rings is 1. The van der Waals surface area contributed by atoms with Gasteiger partial charge in [-0.1, -0.05) is 12.1 Å². The molecule has 30 heavy (non-hydrogen) atoms. The van der Waals surface area contributed by atoms with E-state index in [4.69, 9.17) is 9.47 Å². The second-order valence-electron chi connectivity index (χ2n) is 6.77. The first-order chi connectivity index (χ1) is 14.3. The minimum Gasteiger partial charge on any atom is -0.497 e. The summed E-state index contributed by atoms with van der Waals surface area (Å²) >= 11 is 0. The molecule has 0 aliphatic rings. The number of esters is 1. The third kappa shape index (κ3) is 4.35. The molecule has 0 fully saturated rings. The minimum absolute atomic E-state index is 0.125. The molecule has 2 aromatic heterocycles. The van der Waals surface area contributed by atoms with Crippen molar-refractivity contribution in [2.24, 2.45) is 7.05 Å². The highest BCUT2D eigenvalue weighted by Gasteiger charge is 2.21. The number of aromatic nitrogens is 4.